The van der Waals surface area contributed by atoms with Crippen molar-refractivity contribution in [1.82, 2.24) is 4.98 Å². The first-order valence-corrected chi connectivity index (χ1v) is 10.8. The molecule has 0 amide bonds. The van der Waals surface area contributed by atoms with Crippen molar-refractivity contribution in [2.45, 2.75) is 70.4 Å². The summed E-state index contributed by atoms with van der Waals surface area (Å²) in [6.45, 7) is 9.39. The molecule has 0 aliphatic heterocycles. The molecule has 0 saturated heterocycles. The Bertz CT molecular complexity index is 634. The smallest absolute Gasteiger partial charge is 0.309 e. The van der Waals surface area contributed by atoms with E-state index in [-0.39, 0.29) is 22.8 Å². The molecule has 1 heterocycles. The fourth-order valence-corrected chi connectivity index (χ4v) is 4.25. The van der Waals surface area contributed by atoms with Gasteiger partial charge in [-0.3, -0.25) is 4.79 Å². The first-order chi connectivity index (χ1) is 10.4. The Morgan fingerprint density at radius 3 is 2.43 bits per heavy atom. The fraction of sp³-hybridized carbons (Fsp3) is 0.733. The molecule has 1 rings (SSSR count). The molecule has 0 saturated carbocycles. The molecular weight excluding hydrogens is 358 g/mol. The van der Waals surface area contributed by atoms with Crippen LogP contribution in [0.1, 0.15) is 64.8 Å². The second-order valence-corrected chi connectivity index (χ2v) is 9.98. The molecule has 23 heavy (non-hydrogen) atoms. The van der Waals surface area contributed by atoms with Gasteiger partial charge in [0.15, 0.2) is 5.03 Å². The number of hydrogen-bond donors (Lipinski definition) is 0. The van der Waals surface area contributed by atoms with E-state index in [9.17, 15) is 13.2 Å². The zero-order valence-corrected chi connectivity index (χ0v) is 16.5. The van der Waals surface area contributed by atoms with Gasteiger partial charge in [0.05, 0.1) is 10.9 Å². The van der Waals surface area contributed by atoms with Gasteiger partial charge in [0.25, 0.3) is 9.05 Å². The molecule has 2 atom stereocenters. The van der Waals surface area contributed by atoms with E-state index in [0.717, 1.165) is 17.8 Å². The topological polar surface area (TPSA) is 73.3 Å². The first kappa shape index (κ1) is 20.4. The average Bonchev–Trinajstić information content (AvgIpc) is 2.86. The highest BCUT2D eigenvalue weighted by atomic mass is 35.7. The summed E-state index contributed by atoms with van der Waals surface area (Å²) in [4.78, 5) is 16.1. The fourth-order valence-electron chi connectivity index (χ4n) is 2.05. The van der Waals surface area contributed by atoms with Gasteiger partial charge >= 0.3 is 5.97 Å². The minimum absolute atomic E-state index is 0.0993. The van der Waals surface area contributed by atoms with Crippen LogP contribution in [0.25, 0.3) is 0 Å². The van der Waals surface area contributed by atoms with Crippen LogP contribution in [0.15, 0.2) is 10.4 Å². The third-order valence-corrected chi connectivity index (χ3v) is 5.69. The van der Waals surface area contributed by atoms with Crippen molar-refractivity contribution in [3.05, 3.63) is 10.4 Å². The lowest BCUT2D eigenvalue weighted by Crippen LogP contribution is -2.27. The second-order valence-electron chi connectivity index (χ2n) is 6.58. The summed E-state index contributed by atoms with van der Waals surface area (Å²) in [6.07, 6.45) is 2.22. The normalized spacial score (nSPS) is 15.2. The molecular formula is C15H24ClNO4S2. The summed E-state index contributed by atoms with van der Waals surface area (Å²) in [5.41, 5.74) is -0.492. The van der Waals surface area contributed by atoms with Gasteiger partial charge in [0, 0.05) is 22.0 Å². The van der Waals surface area contributed by atoms with Crippen LogP contribution in [-0.4, -0.2) is 25.0 Å². The number of nitrogens with zero attached hydrogens (tertiary/aromatic N) is 1. The van der Waals surface area contributed by atoms with Crippen LogP contribution >= 0.6 is 22.0 Å². The van der Waals surface area contributed by atoms with Crippen LogP contribution in [0.4, 0.5) is 0 Å². The molecule has 5 nitrogen and oxygen atoms in total. The second kappa shape index (κ2) is 7.94. The Labute approximate surface area is 146 Å². The van der Waals surface area contributed by atoms with Crippen molar-refractivity contribution in [2.75, 3.05) is 0 Å². The molecule has 0 radical (unpaired) electrons. The molecule has 8 heteroatoms. The van der Waals surface area contributed by atoms with Crippen molar-refractivity contribution < 1.29 is 17.9 Å². The predicted octanol–water partition coefficient (Wildman–Crippen LogP) is 4.32. The number of carbonyl (C=O) groups is 1. The summed E-state index contributed by atoms with van der Waals surface area (Å²) < 4.78 is 28.0. The van der Waals surface area contributed by atoms with Gasteiger partial charge in [-0.25, -0.2) is 13.4 Å². The maximum atomic E-state index is 12.0. The molecule has 1 aromatic heterocycles. The van der Waals surface area contributed by atoms with Crippen molar-refractivity contribution in [3.8, 4) is 0 Å². The van der Waals surface area contributed by atoms with Gasteiger partial charge in [0.2, 0.25) is 0 Å². The van der Waals surface area contributed by atoms with E-state index in [1.807, 2.05) is 34.6 Å². The number of aromatic nitrogens is 1. The zero-order valence-electron chi connectivity index (χ0n) is 14.1. The van der Waals surface area contributed by atoms with E-state index in [0.29, 0.717) is 6.42 Å². The predicted molar refractivity (Wildman–Crippen MR) is 92.4 cm³/mol. The highest BCUT2D eigenvalue weighted by Crippen LogP contribution is 2.31. The van der Waals surface area contributed by atoms with Crippen LogP contribution < -0.4 is 0 Å². The Balaban J connectivity index is 2.67. The molecule has 1 aromatic rings. The number of hydrogen-bond acceptors (Lipinski definition) is 6. The number of esters is 1. The van der Waals surface area contributed by atoms with Gasteiger partial charge in [-0.15, -0.1) is 11.3 Å². The van der Waals surface area contributed by atoms with Gasteiger partial charge in [0.1, 0.15) is 5.60 Å². The van der Waals surface area contributed by atoms with E-state index in [1.165, 1.54) is 16.7 Å². The number of thiazole rings is 1. The van der Waals surface area contributed by atoms with E-state index in [2.05, 4.69) is 4.98 Å². The maximum Gasteiger partial charge on any atom is 0.309 e. The van der Waals surface area contributed by atoms with Crippen molar-refractivity contribution in [2.24, 2.45) is 5.92 Å². The van der Waals surface area contributed by atoms with E-state index < -0.39 is 14.7 Å². The third-order valence-electron chi connectivity index (χ3n) is 3.35. The summed E-state index contributed by atoms with van der Waals surface area (Å²) in [7, 11) is 1.51. The molecule has 0 fully saturated rings. The highest BCUT2D eigenvalue weighted by molar-refractivity contribution is 8.13. The monoisotopic (exact) mass is 381 g/mol. The van der Waals surface area contributed by atoms with Gasteiger partial charge in [-0.1, -0.05) is 13.8 Å². The lowest BCUT2D eigenvalue weighted by atomic mass is 9.95. The van der Waals surface area contributed by atoms with Crippen LogP contribution in [0.5, 0.6) is 0 Å². The minimum Gasteiger partial charge on any atom is -0.460 e. The molecule has 0 aromatic carbocycles. The van der Waals surface area contributed by atoms with Crippen LogP contribution in [0.3, 0.4) is 0 Å². The molecule has 0 spiro atoms. The first-order valence-electron chi connectivity index (χ1n) is 7.57. The van der Waals surface area contributed by atoms with Crippen molar-refractivity contribution in [1.29, 1.82) is 0 Å². The van der Waals surface area contributed by atoms with E-state index in [1.54, 1.807) is 0 Å². The lowest BCUT2D eigenvalue weighted by molar-refractivity contribution is -0.159. The Hall–Kier alpha value is -0.660. The summed E-state index contributed by atoms with van der Waals surface area (Å²) in [5.74, 6) is -0.313. The Kier molecular flexibility index (Phi) is 7.04. The summed E-state index contributed by atoms with van der Waals surface area (Å²) in [5, 5.41) is 2.10. The lowest BCUT2D eigenvalue weighted by Gasteiger charge is -2.23. The number of rotatable bonds is 7. The van der Waals surface area contributed by atoms with Crippen LogP contribution in [0.2, 0.25) is 0 Å². The van der Waals surface area contributed by atoms with Gasteiger partial charge in [-0.05, 0) is 40.0 Å². The number of carbonyl (C=O) groups excluding carboxylic acids is 1. The molecule has 2 unspecified atom stereocenters. The molecule has 0 aliphatic rings. The minimum atomic E-state index is -3.79. The van der Waals surface area contributed by atoms with Crippen molar-refractivity contribution >= 4 is 37.0 Å². The molecule has 0 bridgehead atoms. The maximum absolute atomic E-state index is 12.0. The van der Waals surface area contributed by atoms with Gasteiger partial charge < -0.3 is 4.74 Å². The number of ether oxygens (including phenoxy) is 1. The van der Waals surface area contributed by atoms with E-state index in [4.69, 9.17) is 15.4 Å². The van der Waals surface area contributed by atoms with Gasteiger partial charge in [-0.2, -0.15) is 0 Å². The molecule has 0 aliphatic carbocycles. The average molecular weight is 382 g/mol. The van der Waals surface area contributed by atoms with E-state index >= 15 is 0 Å². The highest BCUT2D eigenvalue weighted by Gasteiger charge is 2.24. The Morgan fingerprint density at radius 1 is 1.39 bits per heavy atom. The van der Waals surface area contributed by atoms with Crippen molar-refractivity contribution in [3.63, 3.8) is 0 Å². The number of halogens is 1. The third kappa shape index (κ3) is 6.77. The van der Waals surface area contributed by atoms with Crippen LogP contribution in [0, 0.1) is 5.92 Å². The standard InChI is InChI=1S/C15H24ClNO4S2/c1-6-11(13-17-12(9-22-13)23(16,19)20)8-7-10(2)14(18)21-15(3,4)5/h9-11H,6-8H2,1-5H3. The van der Waals surface area contributed by atoms with Crippen LogP contribution in [-0.2, 0) is 18.6 Å². The largest absolute Gasteiger partial charge is 0.460 e. The zero-order chi connectivity index (χ0) is 17.8. The summed E-state index contributed by atoms with van der Waals surface area (Å²) in [6, 6.07) is 0. The summed E-state index contributed by atoms with van der Waals surface area (Å²) >= 11 is 1.29. The Morgan fingerprint density at radius 2 is 2.00 bits per heavy atom. The molecule has 132 valence electrons. The quantitative estimate of drug-likeness (QED) is 0.519. The SMILES string of the molecule is CCC(CCC(C)C(=O)OC(C)(C)C)c1nc(S(=O)(=O)Cl)cs1. The molecule has 0 N–H and O–H groups in total.